The number of hydrogen-bond acceptors (Lipinski definition) is 5. The predicted molar refractivity (Wildman–Crippen MR) is 98.2 cm³/mol. The minimum absolute atomic E-state index is 0.0181. The molecule has 0 bridgehead atoms. The number of nitrogens with zero attached hydrogens (tertiary/aromatic N) is 5. The Balaban J connectivity index is 1.56. The van der Waals surface area contributed by atoms with E-state index in [0.29, 0.717) is 18.5 Å². The lowest BCUT2D eigenvalue weighted by Crippen LogP contribution is -2.54. The van der Waals surface area contributed by atoms with Crippen molar-refractivity contribution < 1.29 is 4.79 Å². The third-order valence-corrected chi connectivity index (χ3v) is 5.00. The molecule has 1 aromatic carbocycles. The Kier molecular flexibility index (Phi) is 5.65. The highest BCUT2D eigenvalue weighted by molar-refractivity contribution is 5.79. The van der Waals surface area contributed by atoms with Gasteiger partial charge in [-0.1, -0.05) is 31.2 Å². The number of carbonyl (C=O) groups excluding carboxylic acids is 1. The second-order valence-electron chi connectivity index (χ2n) is 7.19. The first kappa shape index (κ1) is 17.8. The standard InChI is InChI=1S/C18H28N6O/c1-14(2)17(23-10-8-22(3)9-11-23)12-19-18(25)13-24-16-7-5-4-6-15(16)20-21-24/h4-7,14,17H,8-13H2,1-3H3,(H,19,25)/t17-/m0/s1. The average Bonchev–Trinajstić information content (AvgIpc) is 2.99. The molecule has 7 heteroatoms. The van der Waals surface area contributed by atoms with Gasteiger partial charge < -0.3 is 10.2 Å². The summed E-state index contributed by atoms with van der Waals surface area (Å²) < 4.78 is 1.66. The van der Waals surface area contributed by atoms with Crippen LogP contribution in [0.15, 0.2) is 24.3 Å². The van der Waals surface area contributed by atoms with E-state index >= 15 is 0 Å². The molecule has 25 heavy (non-hydrogen) atoms. The van der Waals surface area contributed by atoms with E-state index in [1.54, 1.807) is 4.68 Å². The van der Waals surface area contributed by atoms with Crippen molar-refractivity contribution >= 4 is 16.9 Å². The number of amides is 1. The summed E-state index contributed by atoms with van der Waals surface area (Å²) in [5.41, 5.74) is 1.70. The molecule has 1 N–H and O–H groups in total. The second kappa shape index (κ2) is 7.93. The zero-order valence-electron chi connectivity index (χ0n) is 15.4. The van der Waals surface area contributed by atoms with Crippen molar-refractivity contribution in [2.45, 2.75) is 26.4 Å². The SMILES string of the molecule is CC(C)[C@H](CNC(=O)Cn1nnc2ccccc21)N1CCN(C)CC1. The maximum absolute atomic E-state index is 12.4. The smallest absolute Gasteiger partial charge is 0.241 e. The molecule has 2 heterocycles. The molecular weight excluding hydrogens is 316 g/mol. The zero-order chi connectivity index (χ0) is 17.8. The highest BCUT2D eigenvalue weighted by Gasteiger charge is 2.25. The van der Waals surface area contributed by atoms with E-state index < -0.39 is 0 Å². The quantitative estimate of drug-likeness (QED) is 0.840. The average molecular weight is 344 g/mol. The maximum atomic E-state index is 12.4. The fourth-order valence-corrected chi connectivity index (χ4v) is 3.38. The summed E-state index contributed by atoms with van der Waals surface area (Å²) in [6.07, 6.45) is 0. The van der Waals surface area contributed by atoms with Gasteiger partial charge in [0.15, 0.2) is 0 Å². The van der Waals surface area contributed by atoms with Gasteiger partial charge in [-0.2, -0.15) is 0 Å². The van der Waals surface area contributed by atoms with E-state index in [2.05, 4.69) is 46.3 Å². The molecule has 1 aliphatic heterocycles. The van der Waals surface area contributed by atoms with Gasteiger partial charge in [0.25, 0.3) is 0 Å². The first-order chi connectivity index (χ1) is 12.0. The van der Waals surface area contributed by atoms with E-state index in [4.69, 9.17) is 0 Å². The van der Waals surface area contributed by atoms with E-state index in [0.717, 1.165) is 37.2 Å². The van der Waals surface area contributed by atoms with Gasteiger partial charge >= 0.3 is 0 Å². The molecule has 0 spiro atoms. The fraction of sp³-hybridized carbons (Fsp3) is 0.611. The van der Waals surface area contributed by atoms with Crippen molar-refractivity contribution in [3.63, 3.8) is 0 Å². The minimum Gasteiger partial charge on any atom is -0.353 e. The van der Waals surface area contributed by atoms with Crippen LogP contribution < -0.4 is 5.32 Å². The van der Waals surface area contributed by atoms with Gasteiger partial charge in [0.05, 0.1) is 5.52 Å². The molecular formula is C18H28N6O. The summed E-state index contributed by atoms with van der Waals surface area (Å²) in [4.78, 5) is 17.2. The van der Waals surface area contributed by atoms with Crippen LogP contribution in [0.4, 0.5) is 0 Å². The summed E-state index contributed by atoms with van der Waals surface area (Å²) in [7, 11) is 2.16. The first-order valence-corrected chi connectivity index (χ1v) is 9.02. The Bertz CT molecular complexity index is 704. The van der Waals surface area contributed by atoms with E-state index in [1.807, 2.05) is 24.3 Å². The molecule has 0 saturated carbocycles. The van der Waals surface area contributed by atoms with Crippen molar-refractivity contribution in [2.24, 2.45) is 5.92 Å². The van der Waals surface area contributed by atoms with Gasteiger partial charge in [-0.3, -0.25) is 9.69 Å². The fourth-order valence-electron chi connectivity index (χ4n) is 3.38. The summed E-state index contributed by atoms with van der Waals surface area (Å²) in [6, 6.07) is 8.06. The van der Waals surface area contributed by atoms with Crippen LogP contribution in [0.25, 0.3) is 11.0 Å². The monoisotopic (exact) mass is 344 g/mol. The predicted octanol–water partition coefficient (Wildman–Crippen LogP) is 0.820. The van der Waals surface area contributed by atoms with Crippen LogP contribution in [0.2, 0.25) is 0 Å². The van der Waals surface area contributed by atoms with E-state index in [-0.39, 0.29) is 12.5 Å². The van der Waals surface area contributed by atoms with Gasteiger partial charge in [0.2, 0.25) is 5.91 Å². The summed E-state index contributed by atoms with van der Waals surface area (Å²) >= 11 is 0. The molecule has 7 nitrogen and oxygen atoms in total. The molecule has 0 aliphatic carbocycles. The first-order valence-electron chi connectivity index (χ1n) is 9.02. The topological polar surface area (TPSA) is 66.3 Å². The van der Waals surface area contributed by atoms with Crippen molar-refractivity contribution in [1.29, 1.82) is 0 Å². The molecule has 3 rings (SSSR count). The number of carbonyl (C=O) groups is 1. The lowest BCUT2D eigenvalue weighted by molar-refractivity contribution is -0.122. The molecule has 1 fully saturated rings. The normalized spacial score (nSPS) is 17.9. The third-order valence-electron chi connectivity index (χ3n) is 5.00. The number of para-hydroxylation sites is 1. The van der Waals surface area contributed by atoms with Crippen LogP contribution >= 0.6 is 0 Å². The Morgan fingerprint density at radius 2 is 1.92 bits per heavy atom. The number of rotatable bonds is 6. The summed E-state index contributed by atoms with van der Waals surface area (Å²) in [6.45, 7) is 9.61. The number of benzene rings is 1. The summed E-state index contributed by atoms with van der Waals surface area (Å²) in [5, 5.41) is 11.3. The number of piperazine rings is 1. The van der Waals surface area contributed by atoms with Crippen molar-refractivity contribution in [2.75, 3.05) is 39.8 Å². The molecule has 1 amide bonds. The number of aromatic nitrogens is 3. The molecule has 1 saturated heterocycles. The van der Waals surface area contributed by atoms with Crippen LogP contribution in [-0.2, 0) is 11.3 Å². The largest absolute Gasteiger partial charge is 0.353 e. The van der Waals surface area contributed by atoms with Crippen LogP contribution in [-0.4, -0.2) is 76.5 Å². The maximum Gasteiger partial charge on any atom is 0.241 e. The molecule has 0 unspecified atom stereocenters. The van der Waals surface area contributed by atoms with Gasteiger partial charge in [0.1, 0.15) is 12.1 Å². The van der Waals surface area contributed by atoms with Crippen LogP contribution in [0, 0.1) is 5.92 Å². The number of nitrogens with one attached hydrogen (secondary N) is 1. The Morgan fingerprint density at radius 3 is 2.64 bits per heavy atom. The van der Waals surface area contributed by atoms with Gasteiger partial charge in [-0.05, 0) is 25.1 Å². The number of hydrogen-bond donors (Lipinski definition) is 1. The van der Waals surface area contributed by atoms with Gasteiger partial charge in [-0.25, -0.2) is 4.68 Å². The van der Waals surface area contributed by atoms with E-state index in [9.17, 15) is 4.79 Å². The Morgan fingerprint density at radius 1 is 1.20 bits per heavy atom. The highest BCUT2D eigenvalue weighted by atomic mass is 16.2. The zero-order valence-corrected chi connectivity index (χ0v) is 15.4. The lowest BCUT2D eigenvalue weighted by atomic mass is 10.0. The molecule has 2 aromatic rings. The third kappa shape index (κ3) is 4.35. The minimum atomic E-state index is -0.0181. The van der Waals surface area contributed by atoms with E-state index in [1.165, 1.54) is 0 Å². The molecule has 136 valence electrons. The van der Waals surface area contributed by atoms with Crippen LogP contribution in [0.1, 0.15) is 13.8 Å². The Labute approximate surface area is 149 Å². The van der Waals surface area contributed by atoms with Crippen LogP contribution in [0.3, 0.4) is 0 Å². The second-order valence-corrected chi connectivity index (χ2v) is 7.19. The molecule has 1 aromatic heterocycles. The van der Waals surface area contributed by atoms with Crippen molar-refractivity contribution in [1.82, 2.24) is 30.1 Å². The molecule has 0 radical (unpaired) electrons. The number of likely N-dealkylation sites (N-methyl/N-ethyl adjacent to an activating group) is 1. The van der Waals surface area contributed by atoms with Crippen molar-refractivity contribution in [3.8, 4) is 0 Å². The molecule has 1 atom stereocenters. The van der Waals surface area contributed by atoms with Crippen molar-refractivity contribution in [3.05, 3.63) is 24.3 Å². The van der Waals surface area contributed by atoms with Gasteiger partial charge in [-0.15, -0.1) is 5.10 Å². The number of fused-ring (bicyclic) bond motifs is 1. The van der Waals surface area contributed by atoms with Gasteiger partial charge in [0, 0.05) is 38.8 Å². The lowest BCUT2D eigenvalue weighted by Gasteiger charge is -2.39. The molecule has 1 aliphatic rings. The highest BCUT2D eigenvalue weighted by Crippen LogP contribution is 2.13. The van der Waals surface area contributed by atoms with Crippen LogP contribution in [0.5, 0.6) is 0 Å². The summed E-state index contributed by atoms with van der Waals surface area (Å²) in [5.74, 6) is 0.478. The Hall–Kier alpha value is -1.99.